The minimum atomic E-state index is 0.0995. The number of fused-ring (bicyclic) bond motifs is 1. The van der Waals surface area contributed by atoms with E-state index >= 15 is 0 Å². The molecule has 4 rings (SSSR count). The Labute approximate surface area is 146 Å². The normalized spacial score (nSPS) is 26.6. The first kappa shape index (κ1) is 15.8. The first-order chi connectivity index (χ1) is 11.5. The zero-order valence-corrected chi connectivity index (χ0v) is 15.2. The Morgan fingerprint density at radius 2 is 2.25 bits per heavy atom. The fraction of sp³-hybridized carbons (Fsp3) is 0.556. The van der Waals surface area contributed by atoms with Gasteiger partial charge < -0.3 is 14.2 Å². The van der Waals surface area contributed by atoms with Gasteiger partial charge in [-0.05, 0) is 38.8 Å². The van der Waals surface area contributed by atoms with Crippen LogP contribution in [0.4, 0.5) is 0 Å². The number of thiazole rings is 1. The highest BCUT2D eigenvalue weighted by molar-refractivity contribution is 7.11. The zero-order chi connectivity index (χ0) is 16.8. The zero-order valence-electron chi connectivity index (χ0n) is 14.4. The third-order valence-electron chi connectivity index (χ3n) is 5.29. The summed E-state index contributed by atoms with van der Waals surface area (Å²) in [6.45, 7) is 5.72. The van der Waals surface area contributed by atoms with Crippen LogP contribution in [0.25, 0.3) is 0 Å². The second kappa shape index (κ2) is 6.01. The molecule has 3 atom stereocenters. The number of carbonyl (C=O) groups excluding carboxylic acids is 1. The average Bonchev–Trinajstić information content (AvgIpc) is 3.25. The lowest BCUT2D eigenvalue weighted by molar-refractivity contribution is 0.00200. The van der Waals surface area contributed by atoms with E-state index < -0.39 is 0 Å². The van der Waals surface area contributed by atoms with E-state index in [9.17, 15) is 4.79 Å². The molecule has 2 aromatic rings. The number of aromatic nitrogens is 2. The molecule has 2 aliphatic rings. The molecule has 5 nitrogen and oxygen atoms in total. The van der Waals surface area contributed by atoms with E-state index in [1.807, 2.05) is 34.8 Å². The maximum atomic E-state index is 12.7. The molecule has 0 radical (unpaired) electrons. The molecule has 0 N–H and O–H groups in total. The van der Waals surface area contributed by atoms with E-state index in [-0.39, 0.29) is 18.1 Å². The van der Waals surface area contributed by atoms with Crippen LogP contribution in [-0.4, -0.2) is 39.6 Å². The van der Waals surface area contributed by atoms with Crippen molar-refractivity contribution in [1.29, 1.82) is 0 Å². The maximum Gasteiger partial charge on any atom is 0.270 e. The minimum absolute atomic E-state index is 0.0995. The second-order valence-electron chi connectivity index (χ2n) is 6.90. The van der Waals surface area contributed by atoms with Gasteiger partial charge in [-0.3, -0.25) is 4.79 Å². The number of likely N-dealkylation sites (tertiary alicyclic amines) is 1. The van der Waals surface area contributed by atoms with Crippen molar-refractivity contribution in [2.75, 3.05) is 13.1 Å². The Kier molecular flexibility index (Phi) is 3.96. The van der Waals surface area contributed by atoms with Crippen LogP contribution in [-0.2, 0) is 11.8 Å². The summed E-state index contributed by atoms with van der Waals surface area (Å²) in [5.74, 6) is 0.544. The molecule has 2 saturated heterocycles. The van der Waals surface area contributed by atoms with E-state index in [1.54, 1.807) is 11.3 Å². The Hall–Kier alpha value is -1.66. The van der Waals surface area contributed by atoms with Gasteiger partial charge in [0.05, 0.1) is 11.8 Å². The van der Waals surface area contributed by atoms with Gasteiger partial charge in [-0.25, -0.2) is 4.98 Å². The molecular formula is C18H23N3O2S. The SMILES string of the molecule is Cc1nc([C@H]2C[C@H]3CN(C(=O)c4cccn4C)CC[C@@H]3O2)sc1C. The molecule has 1 amide bonds. The number of rotatable bonds is 2. The Balaban J connectivity index is 1.46. The summed E-state index contributed by atoms with van der Waals surface area (Å²) >= 11 is 1.74. The van der Waals surface area contributed by atoms with Crippen molar-refractivity contribution < 1.29 is 9.53 Å². The third kappa shape index (κ3) is 2.67. The van der Waals surface area contributed by atoms with Gasteiger partial charge in [0.2, 0.25) is 0 Å². The number of hydrogen-bond acceptors (Lipinski definition) is 4. The Morgan fingerprint density at radius 3 is 2.92 bits per heavy atom. The van der Waals surface area contributed by atoms with E-state index in [2.05, 4.69) is 18.8 Å². The molecule has 2 aliphatic heterocycles. The van der Waals surface area contributed by atoms with Crippen molar-refractivity contribution in [2.24, 2.45) is 13.0 Å². The van der Waals surface area contributed by atoms with Crippen LogP contribution in [0.5, 0.6) is 0 Å². The number of ether oxygens (including phenoxy) is 1. The highest BCUT2D eigenvalue weighted by Crippen LogP contribution is 2.42. The molecule has 24 heavy (non-hydrogen) atoms. The predicted octanol–water partition coefficient (Wildman–Crippen LogP) is 3.09. The summed E-state index contributed by atoms with van der Waals surface area (Å²) in [4.78, 5) is 20.6. The van der Waals surface area contributed by atoms with Crippen LogP contribution in [0.1, 0.15) is 45.0 Å². The predicted molar refractivity (Wildman–Crippen MR) is 93.2 cm³/mol. The number of piperidine rings is 1. The van der Waals surface area contributed by atoms with E-state index in [1.165, 1.54) is 4.88 Å². The van der Waals surface area contributed by atoms with Crippen LogP contribution >= 0.6 is 11.3 Å². The van der Waals surface area contributed by atoms with E-state index in [0.717, 1.165) is 42.3 Å². The topological polar surface area (TPSA) is 47.4 Å². The van der Waals surface area contributed by atoms with Crippen LogP contribution in [0, 0.1) is 19.8 Å². The smallest absolute Gasteiger partial charge is 0.270 e. The quantitative estimate of drug-likeness (QED) is 0.840. The summed E-state index contributed by atoms with van der Waals surface area (Å²) in [7, 11) is 1.92. The molecule has 6 heteroatoms. The standard InChI is InChI=1S/C18H23N3O2S/c1-11-12(2)24-17(19-11)16-9-13-10-21(8-6-15(13)23-16)18(22)14-5-4-7-20(14)3/h4-5,7,13,15-16H,6,8-10H2,1-3H3/t13-,15-,16+/m0/s1. The molecule has 0 spiro atoms. The van der Waals surface area contributed by atoms with Gasteiger partial charge in [-0.15, -0.1) is 11.3 Å². The van der Waals surface area contributed by atoms with Crippen molar-refractivity contribution in [3.63, 3.8) is 0 Å². The van der Waals surface area contributed by atoms with Gasteiger partial charge in [0.15, 0.2) is 0 Å². The molecule has 0 aliphatic carbocycles. The lowest BCUT2D eigenvalue weighted by Crippen LogP contribution is -2.44. The lowest BCUT2D eigenvalue weighted by atomic mass is 9.92. The van der Waals surface area contributed by atoms with Crippen LogP contribution in [0.15, 0.2) is 18.3 Å². The van der Waals surface area contributed by atoms with Gasteiger partial charge in [0.1, 0.15) is 16.8 Å². The van der Waals surface area contributed by atoms with Crippen LogP contribution in [0.2, 0.25) is 0 Å². The van der Waals surface area contributed by atoms with E-state index in [0.29, 0.717) is 5.92 Å². The van der Waals surface area contributed by atoms with Gasteiger partial charge in [-0.2, -0.15) is 0 Å². The van der Waals surface area contributed by atoms with Gasteiger partial charge in [-0.1, -0.05) is 0 Å². The van der Waals surface area contributed by atoms with Crippen molar-refractivity contribution in [2.45, 2.75) is 38.9 Å². The summed E-state index contributed by atoms with van der Waals surface area (Å²) in [6, 6.07) is 3.81. The molecular weight excluding hydrogens is 322 g/mol. The van der Waals surface area contributed by atoms with Crippen molar-refractivity contribution in [3.8, 4) is 0 Å². The largest absolute Gasteiger partial charge is 0.367 e. The average molecular weight is 345 g/mol. The Morgan fingerprint density at radius 1 is 1.42 bits per heavy atom. The maximum absolute atomic E-state index is 12.7. The molecule has 0 bridgehead atoms. The summed E-state index contributed by atoms with van der Waals surface area (Å²) in [5.41, 5.74) is 1.86. The lowest BCUT2D eigenvalue weighted by Gasteiger charge is -2.34. The Bertz CT molecular complexity index is 747. The summed E-state index contributed by atoms with van der Waals surface area (Å²) in [5, 5.41) is 1.10. The second-order valence-corrected chi connectivity index (χ2v) is 8.13. The molecule has 128 valence electrons. The molecule has 2 aromatic heterocycles. The van der Waals surface area contributed by atoms with Crippen LogP contribution in [0.3, 0.4) is 0 Å². The molecule has 0 aromatic carbocycles. The highest BCUT2D eigenvalue weighted by Gasteiger charge is 2.42. The van der Waals surface area contributed by atoms with Gasteiger partial charge in [0, 0.05) is 37.1 Å². The molecule has 2 fully saturated rings. The number of nitrogens with zero attached hydrogens (tertiary/aromatic N) is 3. The van der Waals surface area contributed by atoms with Crippen molar-refractivity contribution in [1.82, 2.24) is 14.5 Å². The number of hydrogen-bond donors (Lipinski definition) is 0. The first-order valence-corrected chi connectivity index (χ1v) is 9.34. The fourth-order valence-corrected chi connectivity index (χ4v) is 4.75. The van der Waals surface area contributed by atoms with Crippen molar-refractivity contribution in [3.05, 3.63) is 39.6 Å². The molecule has 0 unspecified atom stereocenters. The van der Waals surface area contributed by atoms with Crippen molar-refractivity contribution >= 4 is 17.2 Å². The molecule has 0 saturated carbocycles. The fourth-order valence-electron chi connectivity index (χ4n) is 3.78. The molecule has 4 heterocycles. The van der Waals surface area contributed by atoms with E-state index in [4.69, 9.17) is 4.74 Å². The van der Waals surface area contributed by atoms with Gasteiger partial charge in [0.25, 0.3) is 5.91 Å². The summed E-state index contributed by atoms with van der Waals surface area (Å²) < 4.78 is 8.16. The van der Waals surface area contributed by atoms with Gasteiger partial charge >= 0.3 is 0 Å². The number of amides is 1. The van der Waals surface area contributed by atoms with Crippen LogP contribution < -0.4 is 0 Å². The monoisotopic (exact) mass is 345 g/mol. The highest BCUT2D eigenvalue weighted by atomic mass is 32.1. The third-order valence-corrected chi connectivity index (χ3v) is 6.46. The minimum Gasteiger partial charge on any atom is -0.367 e. The first-order valence-electron chi connectivity index (χ1n) is 8.53. The number of aryl methyl sites for hydroxylation is 3. The number of carbonyl (C=O) groups is 1. The summed E-state index contributed by atoms with van der Waals surface area (Å²) in [6.07, 6.45) is 4.16.